The number of nitrogens with one attached hydrogen (secondary N) is 1. The Hall–Kier alpha value is -5.08. The first-order valence-electron chi connectivity index (χ1n) is 17.5. The minimum Gasteiger partial charge on any atom is -0.354 e. The lowest BCUT2D eigenvalue weighted by atomic mass is 9.62. The Kier molecular flexibility index (Phi) is 6.78. The van der Waals surface area contributed by atoms with E-state index in [0.717, 1.165) is 6.42 Å². The normalized spacial score (nSPS) is 17.6. The van der Waals surface area contributed by atoms with Gasteiger partial charge in [0, 0.05) is 44.3 Å². The molecule has 1 saturated carbocycles. The van der Waals surface area contributed by atoms with E-state index in [0.29, 0.717) is 5.92 Å². The standard InChI is InChI=1S/C45H40N2/c1-2-45(32-15-6-3-7-16-32)41-29-31(36-22-14-23-40-39-21-12-13-24-43(39)46-44(36)40)25-27-37(41)38-28-26-35(30-42(38)45)47(33-17-8-4-9-18-33)34-19-10-5-11-20-34/h4-5,8-14,17-30,32,46H,2-3,6-7,15-16H2,1H3. The molecule has 2 aliphatic carbocycles. The van der Waals surface area contributed by atoms with Crippen molar-refractivity contribution in [2.75, 3.05) is 4.90 Å². The van der Waals surface area contributed by atoms with Crippen molar-refractivity contribution in [3.63, 3.8) is 0 Å². The van der Waals surface area contributed by atoms with Gasteiger partial charge >= 0.3 is 0 Å². The van der Waals surface area contributed by atoms with E-state index in [4.69, 9.17) is 0 Å². The summed E-state index contributed by atoms with van der Waals surface area (Å²) in [6, 6.07) is 51.8. The number of para-hydroxylation sites is 4. The molecule has 230 valence electrons. The van der Waals surface area contributed by atoms with Crippen molar-refractivity contribution in [2.24, 2.45) is 5.92 Å². The van der Waals surface area contributed by atoms with Crippen LogP contribution in [0.15, 0.2) is 140 Å². The van der Waals surface area contributed by atoms with Crippen molar-refractivity contribution in [3.05, 3.63) is 151 Å². The summed E-state index contributed by atoms with van der Waals surface area (Å²) in [5.41, 5.74) is 14.4. The second kappa shape index (κ2) is 11.3. The third kappa shape index (κ3) is 4.38. The first kappa shape index (κ1) is 28.2. The zero-order valence-electron chi connectivity index (χ0n) is 27.0. The highest BCUT2D eigenvalue weighted by molar-refractivity contribution is 6.12. The van der Waals surface area contributed by atoms with Crippen LogP contribution in [0.4, 0.5) is 17.1 Å². The molecule has 1 atom stereocenters. The highest BCUT2D eigenvalue weighted by Gasteiger charge is 2.48. The summed E-state index contributed by atoms with van der Waals surface area (Å²) in [5, 5.41) is 2.58. The molecule has 1 unspecified atom stereocenters. The Morgan fingerprint density at radius 1 is 0.574 bits per heavy atom. The van der Waals surface area contributed by atoms with Crippen LogP contribution in [0.2, 0.25) is 0 Å². The number of fused-ring (bicyclic) bond motifs is 6. The average Bonchev–Trinajstić information content (AvgIpc) is 3.66. The Balaban J connectivity index is 1.25. The highest BCUT2D eigenvalue weighted by Crippen LogP contribution is 2.59. The van der Waals surface area contributed by atoms with E-state index in [1.807, 2.05) is 0 Å². The van der Waals surface area contributed by atoms with E-state index in [1.54, 1.807) is 0 Å². The SMILES string of the molecule is CCC1(C2CCCCC2)c2cc(-c3cccc4c3[nH]c3ccccc34)ccc2-c2ccc(N(c3ccccc3)c3ccccc3)cc21. The van der Waals surface area contributed by atoms with Crippen molar-refractivity contribution >= 4 is 38.9 Å². The molecule has 0 spiro atoms. The number of aromatic amines is 1. The third-order valence-corrected chi connectivity index (χ3v) is 11.3. The minimum absolute atomic E-state index is 0.0233. The van der Waals surface area contributed by atoms with Gasteiger partial charge in [-0.05, 0) is 102 Å². The fourth-order valence-electron chi connectivity index (χ4n) is 9.16. The fraction of sp³-hybridized carbons (Fsp3) is 0.200. The average molecular weight is 609 g/mol. The highest BCUT2D eigenvalue weighted by atomic mass is 15.1. The summed E-state index contributed by atoms with van der Waals surface area (Å²) in [6.45, 7) is 2.44. The summed E-state index contributed by atoms with van der Waals surface area (Å²) >= 11 is 0. The molecule has 2 nitrogen and oxygen atoms in total. The van der Waals surface area contributed by atoms with Crippen LogP contribution < -0.4 is 4.90 Å². The number of benzene rings is 6. The van der Waals surface area contributed by atoms with Gasteiger partial charge in [-0.25, -0.2) is 0 Å². The van der Waals surface area contributed by atoms with Gasteiger partial charge in [0.1, 0.15) is 0 Å². The van der Waals surface area contributed by atoms with Crippen molar-refractivity contribution in [3.8, 4) is 22.3 Å². The van der Waals surface area contributed by atoms with Crippen molar-refractivity contribution in [1.82, 2.24) is 4.98 Å². The first-order chi connectivity index (χ1) is 23.3. The predicted octanol–water partition coefficient (Wildman–Crippen LogP) is 12.7. The molecular formula is C45H40N2. The summed E-state index contributed by atoms with van der Waals surface area (Å²) < 4.78 is 0. The van der Waals surface area contributed by atoms with Crippen LogP contribution in [0.3, 0.4) is 0 Å². The van der Waals surface area contributed by atoms with E-state index in [9.17, 15) is 0 Å². The molecule has 7 aromatic rings. The zero-order chi connectivity index (χ0) is 31.4. The molecule has 1 fully saturated rings. The van der Waals surface area contributed by atoms with Crippen molar-refractivity contribution in [1.29, 1.82) is 0 Å². The summed E-state index contributed by atoms with van der Waals surface area (Å²) in [7, 11) is 0. The molecule has 2 aliphatic rings. The molecule has 9 rings (SSSR count). The lowest BCUT2D eigenvalue weighted by Gasteiger charge is -2.42. The molecule has 0 bridgehead atoms. The van der Waals surface area contributed by atoms with E-state index >= 15 is 0 Å². The van der Waals surface area contributed by atoms with E-state index < -0.39 is 0 Å². The Morgan fingerprint density at radius 2 is 1.21 bits per heavy atom. The minimum atomic E-state index is -0.0233. The molecule has 1 heterocycles. The number of rotatable bonds is 6. The number of nitrogens with zero attached hydrogens (tertiary/aromatic N) is 1. The maximum absolute atomic E-state index is 3.77. The monoisotopic (exact) mass is 608 g/mol. The van der Waals surface area contributed by atoms with Gasteiger partial charge in [0.15, 0.2) is 0 Å². The van der Waals surface area contributed by atoms with Gasteiger partial charge in [0.05, 0.1) is 5.52 Å². The van der Waals surface area contributed by atoms with Crippen LogP contribution in [-0.4, -0.2) is 4.98 Å². The van der Waals surface area contributed by atoms with Gasteiger partial charge in [-0.15, -0.1) is 0 Å². The number of hydrogen-bond donors (Lipinski definition) is 1. The molecule has 0 saturated heterocycles. The van der Waals surface area contributed by atoms with Crippen LogP contribution >= 0.6 is 0 Å². The maximum atomic E-state index is 3.77. The molecule has 47 heavy (non-hydrogen) atoms. The molecule has 1 aromatic heterocycles. The van der Waals surface area contributed by atoms with Gasteiger partial charge < -0.3 is 9.88 Å². The zero-order valence-corrected chi connectivity index (χ0v) is 27.0. The van der Waals surface area contributed by atoms with Gasteiger partial charge in [-0.3, -0.25) is 0 Å². The summed E-state index contributed by atoms with van der Waals surface area (Å²) in [5.74, 6) is 0.623. The van der Waals surface area contributed by atoms with Crippen molar-refractivity contribution in [2.45, 2.75) is 50.9 Å². The van der Waals surface area contributed by atoms with Gasteiger partial charge in [0.25, 0.3) is 0 Å². The van der Waals surface area contributed by atoms with Crippen LogP contribution in [0.25, 0.3) is 44.1 Å². The van der Waals surface area contributed by atoms with Crippen LogP contribution in [0, 0.1) is 5.92 Å². The molecule has 0 amide bonds. The second-order valence-corrected chi connectivity index (χ2v) is 13.6. The lowest BCUT2D eigenvalue weighted by Crippen LogP contribution is -2.35. The Bertz CT molecular complexity index is 2180. The first-order valence-corrected chi connectivity index (χ1v) is 17.5. The van der Waals surface area contributed by atoms with Crippen LogP contribution in [-0.2, 0) is 5.41 Å². The van der Waals surface area contributed by atoms with Crippen LogP contribution in [0.1, 0.15) is 56.6 Å². The molecule has 0 radical (unpaired) electrons. The quantitative estimate of drug-likeness (QED) is 0.199. The van der Waals surface area contributed by atoms with E-state index in [1.165, 1.54) is 104 Å². The third-order valence-electron chi connectivity index (χ3n) is 11.3. The summed E-state index contributed by atoms with van der Waals surface area (Å²) in [4.78, 5) is 6.20. The number of hydrogen-bond acceptors (Lipinski definition) is 1. The number of aromatic nitrogens is 1. The fourth-order valence-corrected chi connectivity index (χ4v) is 9.16. The smallest absolute Gasteiger partial charge is 0.0544 e. The lowest BCUT2D eigenvalue weighted by molar-refractivity contribution is 0.236. The maximum Gasteiger partial charge on any atom is 0.0544 e. The second-order valence-electron chi connectivity index (χ2n) is 13.6. The summed E-state index contributed by atoms with van der Waals surface area (Å²) in [6.07, 6.45) is 7.68. The predicted molar refractivity (Wildman–Crippen MR) is 199 cm³/mol. The van der Waals surface area contributed by atoms with E-state index in [-0.39, 0.29) is 5.41 Å². The number of H-pyrrole nitrogens is 1. The van der Waals surface area contributed by atoms with E-state index in [2.05, 4.69) is 156 Å². The van der Waals surface area contributed by atoms with Crippen LogP contribution in [0.5, 0.6) is 0 Å². The molecule has 1 N–H and O–H groups in total. The van der Waals surface area contributed by atoms with Gasteiger partial charge in [-0.2, -0.15) is 0 Å². The van der Waals surface area contributed by atoms with Gasteiger partial charge in [0.2, 0.25) is 0 Å². The molecule has 2 heteroatoms. The number of anilines is 3. The largest absolute Gasteiger partial charge is 0.354 e. The topological polar surface area (TPSA) is 19.0 Å². The molecule has 0 aliphatic heterocycles. The van der Waals surface area contributed by atoms with Crippen molar-refractivity contribution < 1.29 is 0 Å². The Labute approximate surface area is 277 Å². The molecular weight excluding hydrogens is 569 g/mol. The van der Waals surface area contributed by atoms with Gasteiger partial charge in [-0.1, -0.05) is 117 Å². The molecule has 6 aromatic carbocycles. The Morgan fingerprint density at radius 3 is 1.94 bits per heavy atom.